The van der Waals surface area contributed by atoms with Crippen molar-refractivity contribution in [2.24, 2.45) is 0 Å². The number of rotatable bonds is 2. The molecule has 0 unspecified atom stereocenters. The van der Waals surface area contributed by atoms with Gasteiger partial charge in [0.2, 0.25) is 5.91 Å². The second-order valence-corrected chi connectivity index (χ2v) is 6.22. The van der Waals surface area contributed by atoms with Crippen molar-refractivity contribution in [2.45, 2.75) is 31.6 Å². The Morgan fingerprint density at radius 3 is 2.70 bits per heavy atom. The maximum absolute atomic E-state index is 12.1. The second-order valence-electron chi connectivity index (χ2n) is 6.22. The summed E-state index contributed by atoms with van der Waals surface area (Å²) >= 11 is 0. The molecule has 5 nitrogen and oxygen atoms in total. The van der Waals surface area contributed by atoms with Crippen LogP contribution in [0, 0.1) is 10.1 Å². The highest BCUT2D eigenvalue weighted by Crippen LogP contribution is 2.40. The van der Waals surface area contributed by atoms with Crippen molar-refractivity contribution < 1.29 is 9.72 Å². The van der Waals surface area contributed by atoms with Crippen molar-refractivity contribution >= 4 is 17.3 Å². The minimum atomic E-state index is -0.393. The minimum Gasteiger partial charge on any atom is -0.326 e. The highest BCUT2D eigenvalue weighted by Gasteiger charge is 2.29. The van der Waals surface area contributed by atoms with Crippen molar-refractivity contribution in [1.29, 1.82) is 0 Å². The Bertz CT molecular complexity index is 829. The molecule has 2 aliphatic rings. The number of anilines is 1. The number of nitro benzene ring substituents is 1. The van der Waals surface area contributed by atoms with Gasteiger partial charge in [-0.1, -0.05) is 18.2 Å². The Labute approximate surface area is 133 Å². The number of nitrogens with zero attached hydrogens (tertiary/aromatic N) is 1. The maximum atomic E-state index is 12.1. The first-order valence-electron chi connectivity index (χ1n) is 7.82. The number of benzene rings is 2. The van der Waals surface area contributed by atoms with Gasteiger partial charge in [0.25, 0.3) is 5.69 Å². The molecule has 0 radical (unpaired) electrons. The Kier molecular flexibility index (Phi) is 3.15. The molecule has 2 aromatic carbocycles. The van der Waals surface area contributed by atoms with Crippen molar-refractivity contribution in [1.82, 2.24) is 0 Å². The third-order valence-corrected chi connectivity index (χ3v) is 4.79. The third kappa shape index (κ3) is 2.38. The van der Waals surface area contributed by atoms with E-state index < -0.39 is 4.92 Å². The number of aryl methyl sites for hydroxylation is 2. The first-order chi connectivity index (χ1) is 11.1. The first kappa shape index (κ1) is 13.9. The number of carbonyl (C=O) groups excluding carboxylic acids is 1. The molecule has 1 atom stereocenters. The van der Waals surface area contributed by atoms with E-state index in [1.807, 2.05) is 6.07 Å². The summed E-state index contributed by atoms with van der Waals surface area (Å²) in [6.45, 7) is 0. The van der Waals surface area contributed by atoms with Crippen LogP contribution in [0.4, 0.5) is 11.4 Å². The van der Waals surface area contributed by atoms with Gasteiger partial charge in [-0.25, -0.2) is 0 Å². The van der Waals surface area contributed by atoms with Gasteiger partial charge in [0.1, 0.15) is 0 Å². The molecule has 5 heteroatoms. The van der Waals surface area contributed by atoms with Gasteiger partial charge in [-0.2, -0.15) is 0 Å². The maximum Gasteiger partial charge on any atom is 0.269 e. The molecule has 2 aromatic rings. The molecule has 0 saturated carbocycles. The van der Waals surface area contributed by atoms with E-state index in [2.05, 4.69) is 17.4 Å². The minimum absolute atomic E-state index is 0.0352. The highest BCUT2D eigenvalue weighted by atomic mass is 16.6. The summed E-state index contributed by atoms with van der Waals surface area (Å²) in [5.41, 5.74) is 5.48. The lowest BCUT2D eigenvalue weighted by Crippen LogP contribution is -2.24. The molecule has 23 heavy (non-hydrogen) atoms. The van der Waals surface area contributed by atoms with Gasteiger partial charge >= 0.3 is 0 Å². The predicted molar refractivity (Wildman–Crippen MR) is 86.7 cm³/mol. The number of fused-ring (bicyclic) bond motifs is 2. The molecule has 4 rings (SSSR count). The number of nitrogens with one attached hydrogen (secondary N) is 1. The van der Waals surface area contributed by atoms with E-state index in [0.717, 1.165) is 36.1 Å². The molecular weight excluding hydrogens is 292 g/mol. The van der Waals surface area contributed by atoms with Crippen LogP contribution in [-0.4, -0.2) is 10.8 Å². The van der Waals surface area contributed by atoms with Gasteiger partial charge in [0, 0.05) is 30.2 Å². The monoisotopic (exact) mass is 308 g/mol. The summed E-state index contributed by atoms with van der Waals surface area (Å²) in [4.78, 5) is 22.7. The Hall–Kier alpha value is -2.69. The van der Waals surface area contributed by atoms with Gasteiger partial charge in [0.05, 0.1) is 4.92 Å². The van der Waals surface area contributed by atoms with Crippen LogP contribution in [0.1, 0.15) is 41.0 Å². The average Bonchev–Trinajstić information content (AvgIpc) is 2.99. The van der Waals surface area contributed by atoms with Crippen molar-refractivity contribution in [3.63, 3.8) is 0 Å². The van der Waals surface area contributed by atoms with Gasteiger partial charge in [-0.3, -0.25) is 14.9 Å². The molecule has 1 amide bonds. The molecule has 1 heterocycles. The fraction of sp³-hybridized carbons (Fsp3) is 0.278. The average molecular weight is 308 g/mol. The molecular formula is C18H16N2O3. The van der Waals surface area contributed by atoms with Gasteiger partial charge < -0.3 is 5.32 Å². The summed E-state index contributed by atoms with van der Waals surface area (Å²) in [5, 5.41) is 14.0. The quantitative estimate of drug-likeness (QED) is 0.681. The van der Waals surface area contributed by atoms with Crippen LogP contribution in [0.5, 0.6) is 0 Å². The summed E-state index contributed by atoms with van der Waals surface area (Å²) in [6, 6.07) is 10.9. The molecule has 0 fully saturated rings. The van der Waals surface area contributed by atoms with Crippen molar-refractivity contribution in [3.8, 4) is 0 Å². The van der Waals surface area contributed by atoms with E-state index in [-0.39, 0.29) is 17.5 Å². The molecule has 0 bridgehead atoms. The SMILES string of the molecule is O=C1C[C@H](c2cccc([N+](=O)[O-])c2)c2cc3c(cc2N1)CCC3. The van der Waals surface area contributed by atoms with E-state index in [0.29, 0.717) is 6.42 Å². The molecule has 0 aromatic heterocycles. The number of hydrogen-bond donors (Lipinski definition) is 1. The molecule has 1 aliphatic carbocycles. The topological polar surface area (TPSA) is 72.2 Å². The second kappa shape index (κ2) is 5.19. The highest BCUT2D eigenvalue weighted by molar-refractivity contribution is 5.95. The van der Waals surface area contributed by atoms with Crippen LogP contribution in [-0.2, 0) is 17.6 Å². The molecule has 116 valence electrons. The van der Waals surface area contributed by atoms with Crippen molar-refractivity contribution in [2.75, 3.05) is 5.32 Å². The molecule has 1 N–H and O–H groups in total. The van der Waals surface area contributed by atoms with Crippen LogP contribution >= 0.6 is 0 Å². The van der Waals surface area contributed by atoms with Gasteiger partial charge in [-0.05, 0) is 47.6 Å². The van der Waals surface area contributed by atoms with Crippen LogP contribution in [0.3, 0.4) is 0 Å². The Morgan fingerprint density at radius 1 is 1.13 bits per heavy atom. The summed E-state index contributed by atoms with van der Waals surface area (Å²) < 4.78 is 0. The van der Waals surface area contributed by atoms with E-state index in [1.54, 1.807) is 12.1 Å². The van der Waals surface area contributed by atoms with E-state index in [9.17, 15) is 14.9 Å². The molecule has 0 saturated heterocycles. The standard InChI is InChI=1S/C18H16N2O3/c21-18-10-15(13-5-2-6-14(7-13)20(22)23)16-8-11-3-1-4-12(11)9-17(16)19-18/h2,5-9,15H,1,3-4,10H2,(H,19,21)/t15-/m1/s1. The number of non-ortho nitro benzene ring substituents is 1. The number of nitro groups is 1. The zero-order valence-corrected chi connectivity index (χ0v) is 12.5. The van der Waals surface area contributed by atoms with Crippen LogP contribution in [0.25, 0.3) is 0 Å². The summed E-state index contributed by atoms with van der Waals surface area (Å²) in [6.07, 6.45) is 3.60. The first-order valence-corrected chi connectivity index (χ1v) is 7.82. The third-order valence-electron chi connectivity index (χ3n) is 4.79. The zero-order valence-electron chi connectivity index (χ0n) is 12.5. The molecule has 0 spiro atoms. The van der Waals surface area contributed by atoms with E-state index in [4.69, 9.17) is 0 Å². The fourth-order valence-electron chi connectivity index (χ4n) is 3.69. The Balaban J connectivity index is 1.83. The van der Waals surface area contributed by atoms with E-state index >= 15 is 0 Å². The predicted octanol–water partition coefficient (Wildman–Crippen LogP) is 3.56. The fourth-order valence-corrected chi connectivity index (χ4v) is 3.69. The van der Waals surface area contributed by atoms with Crippen LogP contribution in [0.2, 0.25) is 0 Å². The van der Waals surface area contributed by atoms with E-state index in [1.165, 1.54) is 17.2 Å². The summed E-state index contributed by atoms with van der Waals surface area (Å²) in [7, 11) is 0. The normalized spacial score (nSPS) is 19.0. The zero-order chi connectivity index (χ0) is 16.0. The Morgan fingerprint density at radius 2 is 1.91 bits per heavy atom. The molecule has 1 aliphatic heterocycles. The van der Waals surface area contributed by atoms with Crippen LogP contribution in [0.15, 0.2) is 36.4 Å². The van der Waals surface area contributed by atoms with Gasteiger partial charge in [0.15, 0.2) is 0 Å². The lowest BCUT2D eigenvalue weighted by molar-refractivity contribution is -0.384. The summed E-state index contributed by atoms with van der Waals surface area (Å²) in [5.74, 6) is -0.156. The van der Waals surface area contributed by atoms with Gasteiger partial charge in [-0.15, -0.1) is 0 Å². The smallest absolute Gasteiger partial charge is 0.269 e. The number of amides is 1. The largest absolute Gasteiger partial charge is 0.326 e. The number of hydrogen-bond acceptors (Lipinski definition) is 3. The van der Waals surface area contributed by atoms with Crippen LogP contribution < -0.4 is 5.32 Å². The van der Waals surface area contributed by atoms with Crippen molar-refractivity contribution in [3.05, 3.63) is 68.8 Å². The lowest BCUT2D eigenvalue weighted by atomic mass is 9.83. The lowest BCUT2D eigenvalue weighted by Gasteiger charge is -2.27. The number of carbonyl (C=O) groups is 1.